The fraction of sp³-hybridized carbons (Fsp3) is 0.0667. The summed E-state index contributed by atoms with van der Waals surface area (Å²) < 4.78 is 5.46. The van der Waals surface area contributed by atoms with Gasteiger partial charge in [-0.1, -0.05) is 103 Å². The number of benzene rings is 8. The van der Waals surface area contributed by atoms with Crippen LogP contribution in [0.25, 0.3) is 56.1 Å². The van der Waals surface area contributed by atoms with Crippen LogP contribution >= 0.6 is 55.4 Å². The number of ketones is 2. The van der Waals surface area contributed by atoms with E-state index in [0.717, 1.165) is 63.8 Å². The molecule has 1 aliphatic rings. The Hall–Kier alpha value is -8.02. The second-order valence-corrected chi connectivity index (χ2v) is 22.0. The van der Waals surface area contributed by atoms with Gasteiger partial charge in [0.05, 0.1) is 34.9 Å². The van der Waals surface area contributed by atoms with Gasteiger partial charge in [0.25, 0.3) is 0 Å². The Morgan fingerprint density at radius 1 is 0.434 bits per heavy atom. The SMILES string of the molecule is O=C1c2ccc(-c3cc(CCSc4ccc(-n5cc(-c6ccc(Br)cc6)nn5)cc4)ccc3C(=O)O)cc2C(=O)c2ccc(-c3cc(CCSc4ccc(-n5cc(-c6ccc(Br)cc6)nn5)cc4)ccc3C(=O)O)cc21. The number of halogens is 2. The average molecular weight is 1160 g/mol. The molecule has 372 valence electrons. The van der Waals surface area contributed by atoms with E-state index in [0.29, 0.717) is 46.6 Å². The van der Waals surface area contributed by atoms with Crippen LogP contribution < -0.4 is 0 Å². The maximum Gasteiger partial charge on any atom is 0.336 e. The van der Waals surface area contributed by atoms with E-state index in [1.807, 2.05) is 122 Å². The summed E-state index contributed by atoms with van der Waals surface area (Å²) in [4.78, 5) is 55.7. The molecule has 0 saturated carbocycles. The van der Waals surface area contributed by atoms with E-state index in [-0.39, 0.29) is 44.9 Å². The van der Waals surface area contributed by atoms with Gasteiger partial charge < -0.3 is 10.2 Å². The Kier molecular flexibility index (Phi) is 14.3. The largest absolute Gasteiger partial charge is 0.478 e. The number of carboxylic acid groups (broad SMARTS) is 2. The van der Waals surface area contributed by atoms with E-state index in [1.54, 1.807) is 93.6 Å². The van der Waals surface area contributed by atoms with Crippen molar-refractivity contribution in [2.45, 2.75) is 22.6 Å². The molecule has 0 unspecified atom stereocenters. The summed E-state index contributed by atoms with van der Waals surface area (Å²) in [5, 5.41) is 37.8. The summed E-state index contributed by atoms with van der Waals surface area (Å²) in [6, 6.07) is 52.0. The zero-order valence-corrected chi connectivity index (χ0v) is 44.7. The topological polar surface area (TPSA) is 170 Å². The van der Waals surface area contributed by atoms with Crippen LogP contribution in [0.4, 0.5) is 0 Å². The predicted octanol–water partition coefficient (Wildman–Crippen LogP) is 13.9. The number of carboxylic acids is 2. The fourth-order valence-electron chi connectivity index (χ4n) is 9.08. The minimum Gasteiger partial charge on any atom is -0.478 e. The zero-order valence-electron chi connectivity index (χ0n) is 39.9. The minimum atomic E-state index is -1.11. The van der Waals surface area contributed by atoms with Crippen LogP contribution in [0.3, 0.4) is 0 Å². The molecular formula is C60H40Br2N6O6S2. The van der Waals surface area contributed by atoms with E-state index >= 15 is 0 Å². The van der Waals surface area contributed by atoms with Crippen LogP contribution in [-0.2, 0) is 12.8 Å². The van der Waals surface area contributed by atoms with Crippen molar-refractivity contribution in [3.8, 4) is 56.1 Å². The highest BCUT2D eigenvalue weighted by molar-refractivity contribution is 9.10. The van der Waals surface area contributed by atoms with E-state index in [9.17, 15) is 29.4 Å². The van der Waals surface area contributed by atoms with Crippen molar-refractivity contribution in [2.75, 3.05) is 11.5 Å². The number of aryl methyl sites for hydroxylation is 2. The van der Waals surface area contributed by atoms with E-state index < -0.39 is 11.9 Å². The molecule has 2 heterocycles. The number of aromatic carboxylic acids is 2. The van der Waals surface area contributed by atoms with Gasteiger partial charge >= 0.3 is 11.9 Å². The molecule has 2 aromatic heterocycles. The van der Waals surface area contributed by atoms with E-state index in [4.69, 9.17) is 0 Å². The van der Waals surface area contributed by atoms with Gasteiger partial charge in [-0.05, 0) is 155 Å². The molecule has 10 aromatic rings. The highest BCUT2D eigenvalue weighted by Crippen LogP contribution is 2.37. The Morgan fingerprint density at radius 3 is 1.20 bits per heavy atom. The molecule has 1 aliphatic carbocycles. The van der Waals surface area contributed by atoms with Crippen LogP contribution in [0, 0.1) is 0 Å². The van der Waals surface area contributed by atoms with Crippen molar-refractivity contribution in [3.05, 3.63) is 236 Å². The normalized spacial score (nSPS) is 11.9. The lowest BCUT2D eigenvalue weighted by Crippen LogP contribution is -2.21. The minimum absolute atomic E-state index is 0.0722. The summed E-state index contributed by atoms with van der Waals surface area (Å²) in [5.41, 5.74) is 9.77. The average Bonchev–Trinajstić information content (AvgIpc) is 4.16. The molecule has 12 nitrogen and oxygen atoms in total. The molecule has 0 amide bonds. The van der Waals surface area contributed by atoms with Gasteiger partial charge in [0, 0.05) is 63.6 Å². The maximum absolute atomic E-state index is 14.3. The number of nitrogens with zero attached hydrogens (tertiary/aromatic N) is 6. The first-order chi connectivity index (χ1) is 36.9. The van der Waals surface area contributed by atoms with Crippen LogP contribution in [0.15, 0.2) is 201 Å². The lowest BCUT2D eigenvalue weighted by molar-refractivity contribution is 0.0687. The number of rotatable bonds is 16. The number of fused-ring (bicyclic) bond motifs is 2. The molecule has 2 N–H and O–H groups in total. The van der Waals surface area contributed by atoms with Crippen LogP contribution in [-0.4, -0.2) is 75.2 Å². The van der Waals surface area contributed by atoms with Crippen molar-refractivity contribution in [3.63, 3.8) is 0 Å². The molecule has 0 spiro atoms. The molecule has 11 rings (SSSR count). The lowest BCUT2D eigenvalue weighted by Gasteiger charge is -2.20. The molecule has 0 fully saturated rings. The number of aromatic nitrogens is 6. The molecular weight excluding hydrogens is 1120 g/mol. The first-order valence-electron chi connectivity index (χ1n) is 23.9. The van der Waals surface area contributed by atoms with Crippen LogP contribution in [0.5, 0.6) is 0 Å². The van der Waals surface area contributed by atoms with Crippen molar-refractivity contribution < 1.29 is 29.4 Å². The summed E-state index contributed by atoms with van der Waals surface area (Å²) >= 11 is 10.3. The highest BCUT2D eigenvalue weighted by Gasteiger charge is 2.31. The predicted molar refractivity (Wildman–Crippen MR) is 302 cm³/mol. The van der Waals surface area contributed by atoms with Crippen molar-refractivity contribution in [1.82, 2.24) is 30.0 Å². The van der Waals surface area contributed by atoms with Gasteiger partial charge in [0.15, 0.2) is 11.6 Å². The number of carbonyl (C=O) groups is 4. The Bertz CT molecular complexity index is 3650. The zero-order chi connectivity index (χ0) is 52.5. The van der Waals surface area contributed by atoms with Gasteiger partial charge in [-0.3, -0.25) is 9.59 Å². The fourth-order valence-corrected chi connectivity index (χ4v) is 11.4. The van der Waals surface area contributed by atoms with Crippen molar-refractivity contribution in [2.24, 2.45) is 0 Å². The number of thioether (sulfide) groups is 2. The summed E-state index contributed by atoms with van der Waals surface area (Å²) in [6.45, 7) is 0. The molecule has 0 bridgehead atoms. The molecule has 0 radical (unpaired) electrons. The molecule has 0 aliphatic heterocycles. The van der Waals surface area contributed by atoms with Crippen LogP contribution in [0.1, 0.15) is 63.7 Å². The molecule has 16 heteroatoms. The van der Waals surface area contributed by atoms with Crippen molar-refractivity contribution >= 4 is 78.9 Å². The summed E-state index contributed by atoms with van der Waals surface area (Å²) in [6.07, 6.45) is 5.06. The van der Waals surface area contributed by atoms with E-state index in [1.165, 1.54) is 0 Å². The molecule has 0 atom stereocenters. The third-order valence-corrected chi connectivity index (χ3v) is 16.1. The quantitative estimate of drug-likeness (QED) is 0.0879. The first-order valence-corrected chi connectivity index (χ1v) is 27.4. The number of carbonyl (C=O) groups excluding carboxylic acids is 2. The summed E-state index contributed by atoms with van der Waals surface area (Å²) in [7, 11) is 0. The maximum atomic E-state index is 14.3. The Balaban J connectivity index is 0.755. The van der Waals surface area contributed by atoms with Gasteiger partial charge in [0.1, 0.15) is 11.4 Å². The molecule has 8 aromatic carbocycles. The first kappa shape index (κ1) is 50.2. The molecule has 76 heavy (non-hydrogen) atoms. The van der Waals surface area contributed by atoms with Gasteiger partial charge in [-0.15, -0.1) is 33.7 Å². The molecule has 0 saturated heterocycles. The number of hydrogen-bond donors (Lipinski definition) is 2. The number of hydrogen-bond acceptors (Lipinski definition) is 10. The van der Waals surface area contributed by atoms with Crippen molar-refractivity contribution in [1.29, 1.82) is 0 Å². The Morgan fingerprint density at radius 2 is 0.816 bits per heavy atom. The highest BCUT2D eigenvalue weighted by atomic mass is 79.9. The summed E-state index contributed by atoms with van der Waals surface area (Å²) in [5.74, 6) is -1.56. The van der Waals surface area contributed by atoms with Gasteiger partial charge in [0.2, 0.25) is 0 Å². The third kappa shape index (κ3) is 10.6. The second-order valence-electron chi connectivity index (χ2n) is 17.8. The Labute approximate surface area is 461 Å². The van der Waals surface area contributed by atoms with Gasteiger partial charge in [-0.2, -0.15) is 0 Å². The lowest BCUT2D eigenvalue weighted by atomic mass is 9.81. The van der Waals surface area contributed by atoms with Crippen LogP contribution in [0.2, 0.25) is 0 Å². The standard InChI is InChI=1S/C60H40Br2N6O6S2/c61-41-9-3-37(4-10-41)55-33-67(65-63-55)43-13-17-45(18-14-43)75-27-25-35-1-21-49(59(71)72)51(29-35)39-7-23-47-53(31-39)57(69)48-24-8-40(32-54(48)58(47)70)52-30-36(2-22-50(52)60(73)74)26-28-76-46-19-15-44(16-20-46)68-34-56(64-66-68)38-5-11-42(62)12-6-38/h1-24,29-34H,25-28H2,(H,71,72)(H,73,74). The van der Waals surface area contributed by atoms with Gasteiger partial charge in [-0.25, -0.2) is 19.0 Å². The monoisotopic (exact) mass is 1160 g/mol. The third-order valence-electron chi connectivity index (χ3n) is 13.1. The van der Waals surface area contributed by atoms with E-state index in [2.05, 4.69) is 52.5 Å². The second kappa shape index (κ2) is 21.7. The smallest absolute Gasteiger partial charge is 0.336 e.